The summed E-state index contributed by atoms with van der Waals surface area (Å²) < 4.78 is 0. The fourth-order valence-corrected chi connectivity index (χ4v) is 1.78. The summed E-state index contributed by atoms with van der Waals surface area (Å²) >= 11 is 4.90. The number of anilines is 1. The standard InChI is InChI=1S/C13H19N3OS/c1-3-15-12(17)9-16(4-2)11-7-5-10(6-8-11)13(14)18/h5-8H,3-4,9H2,1-2H3,(H2,14,18)(H,15,17). The van der Waals surface area contributed by atoms with Gasteiger partial charge < -0.3 is 16.0 Å². The van der Waals surface area contributed by atoms with Gasteiger partial charge in [0, 0.05) is 24.3 Å². The van der Waals surface area contributed by atoms with E-state index in [9.17, 15) is 4.79 Å². The highest BCUT2D eigenvalue weighted by Crippen LogP contribution is 2.14. The predicted molar refractivity (Wildman–Crippen MR) is 78.9 cm³/mol. The number of rotatable bonds is 6. The van der Waals surface area contributed by atoms with E-state index >= 15 is 0 Å². The molecule has 4 nitrogen and oxygen atoms in total. The Kier molecular flexibility index (Phi) is 5.58. The molecule has 0 saturated carbocycles. The second-order valence-corrected chi connectivity index (χ2v) is 4.32. The third kappa shape index (κ3) is 4.00. The van der Waals surface area contributed by atoms with E-state index in [1.165, 1.54) is 0 Å². The summed E-state index contributed by atoms with van der Waals surface area (Å²) in [6.45, 7) is 5.70. The van der Waals surface area contributed by atoms with Gasteiger partial charge in [0.05, 0.1) is 6.54 Å². The van der Waals surface area contributed by atoms with Crippen molar-refractivity contribution in [2.75, 3.05) is 24.5 Å². The molecule has 0 atom stereocenters. The van der Waals surface area contributed by atoms with E-state index in [4.69, 9.17) is 18.0 Å². The maximum Gasteiger partial charge on any atom is 0.239 e. The van der Waals surface area contributed by atoms with Gasteiger partial charge in [0.25, 0.3) is 0 Å². The van der Waals surface area contributed by atoms with Crippen LogP contribution >= 0.6 is 12.2 Å². The highest BCUT2D eigenvalue weighted by Gasteiger charge is 2.09. The molecule has 0 saturated heterocycles. The van der Waals surface area contributed by atoms with Gasteiger partial charge in [-0.15, -0.1) is 0 Å². The van der Waals surface area contributed by atoms with Crippen molar-refractivity contribution in [1.82, 2.24) is 5.32 Å². The summed E-state index contributed by atoms with van der Waals surface area (Å²) in [5.41, 5.74) is 7.37. The molecule has 0 aromatic heterocycles. The molecule has 1 rings (SSSR count). The molecule has 0 aliphatic rings. The zero-order valence-corrected chi connectivity index (χ0v) is 11.6. The monoisotopic (exact) mass is 265 g/mol. The van der Waals surface area contributed by atoms with Gasteiger partial charge in [-0.25, -0.2) is 0 Å². The Hall–Kier alpha value is -1.62. The van der Waals surface area contributed by atoms with Gasteiger partial charge in [0.1, 0.15) is 4.99 Å². The van der Waals surface area contributed by atoms with Crippen LogP contribution in [0.2, 0.25) is 0 Å². The molecular weight excluding hydrogens is 246 g/mol. The Bertz CT molecular complexity index is 417. The number of thiocarbonyl (C=S) groups is 1. The lowest BCUT2D eigenvalue weighted by atomic mass is 10.2. The number of nitrogens with two attached hydrogens (primary N) is 1. The molecule has 98 valence electrons. The van der Waals surface area contributed by atoms with Gasteiger partial charge in [0.2, 0.25) is 5.91 Å². The molecule has 3 N–H and O–H groups in total. The molecular formula is C13H19N3OS. The van der Waals surface area contributed by atoms with Crippen LogP contribution in [0.25, 0.3) is 0 Å². The molecule has 0 fully saturated rings. The van der Waals surface area contributed by atoms with Gasteiger partial charge >= 0.3 is 0 Å². The van der Waals surface area contributed by atoms with Crippen LogP contribution in [-0.4, -0.2) is 30.5 Å². The van der Waals surface area contributed by atoms with Crippen LogP contribution in [0.15, 0.2) is 24.3 Å². The molecule has 0 spiro atoms. The van der Waals surface area contributed by atoms with Crippen molar-refractivity contribution in [2.24, 2.45) is 5.73 Å². The predicted octanol–water partition coefficient (Wildman–Crippen LogP) is 1.28. The minimum Gasteiger partial charge on any atom is -0.389 e. The molecule has 0 bridgehead atoms. The van der Waals surface area contributed by atoms with Crippen LogP contribution < -0.4 is 16.0 Å². The average molecular weight is 265 g/mol. The smallest absolute Gasteiger partial charge is 0.239 e. The Morgan fingerprint density at radius 3 is 2.39 bits per heavy atom. The lowest BCUT2D eigenvalue weighted by Crippen LogP contribution is -2.37. The van der Waals surface area contributed by atoms with Gasteiger partial charge in [-0.1, -0.05) is 12.2 Å². The highest BCUT2D eigenvalue weighted by molar-refractivity contribution is 7.80. The molecule has 0 radical (unpaired) electrons. The fourth-order valence-electron chi connectivity index (χ4n) is 1.65. The number of benzene rings is 1. The number of hydrogen-bond donors (Lipinski definition) is 2. The second-order valence-electron chi connectivity index (χ2n) is 3.88. The summed E-state index contributed by atoms with van der Waals surface area (Å²) in [6, 6.07) is 7.60. The Morgan fingerprint density at radius 2 is 1.94 bits per heavy atom. The highest BCUT2D eigenvalue weighted by atomic mass is 32.1. The fraction of sp³-hybridized carbons (Fsp3) is 0.385. The third-order valence-corrected chi connectivity index (χ3v) is 2.84. The lowest BCUT2D eigenvalue weighted by Gasteiger charge is -2.22. The first-order valence-electron chi connectivity index (χ1n) is 6.00. The van der Waals surface area contributed by atoms with E-state index in [2.05, 4.69) is 5.32 Å². The maximum absolute atomic E-state index is 11.6. The number of hydrogen-bond acceptors (Lipinski definition) is 3. The Morgan fingerprint density at radius 1 is 1.33 bits per heavy atom. The van der Waals surface area contributed by atoms with Crippen molar-refractivity contribution in [3.8, 4) is 0 Å². The Balaban J connectivity index is 2.76. The number of amides is 1. The van der Waals surface area contributed by atoms with E-state index < -0.39 is 0 Å². The average Bonchev–Trinajstić information content (AvgIpc) is 2.36. The second kappa shape index (κ2) is 6.96. The maximum atomic E-state index is 11.6. The minimum absolute atomic E-state index is 0.0257. The minimum atomic E-state index is 0.0257. The normalized spacial score (nSPS) is 9.89. The van der Waals surface area contributed by atoms with Crippen LogP contribution in [0.5, 0.6) is 0 Å². The molecule has 0 heterocycles. The quantitative estimate of drug-likeness (QED) is 0.761. The first-order valence-corrected chi connectivity index (χ1v) is 6.40. The van der Waals surface area contributed by atoms with Gasteiger partial charge in [0.15, 0.2) is 0 Å². The van der Waals surface area contributed by atoms with E-state index in [-0.39, 0.29) is 5.91 Å². The van der Waals surface area contributed by atoms with Gasteiger partial charge in [-0.2, -0.15) is 0 Å². The van der Waals surface area contributed by atoms with Crippen molar-refractivity contribution in [2.45, 2.75) is 13.8 Å². The van der Waals surface area contributed by atoms with E-state index in [0.717, 1.165) is 17.8 Å². The van der Waals surface area contributed by atoms with Gasteiger partial charge in [-0.05, 0) is 38.1 Å². The van der Waals surface area contributed by atoms with E-state index in [0.29, 0.717) is 18.1 Å². The molecule has 0 aliphatic heterocycles. The third-order valence-electron chi connectivity index (χ3n) is 2.61. The number of carbonyl (C=O) groups excluding carboxylic acids is 1. The van der Waals surface area contributed by atoms with Crippen LogP contribution in [0.3, 0.4) is 0 Å². The van der Waals surface area contributed by atoms with E-state index in [1.54, 1.807) is 0 Å². The van der Waals surface area contributed by atoms with Crippen LogP contribution in [-0.2, 0) is 4.79 Å². The van der Waals surface area contributed by atoms with Crippen molar-refractivity contribution in [3.63, 3.8) is 0 Å². The van der Waals surface area contributed by atoms with Crippen LogP contribution in [0.1, 0.15) is 19.4 Å². The number of nitrogens with one attached hydrogen (secondary N) is 1. The van der Waals surface area contributed by atoms with Gasteiger partial charge in [-0.3, -0.25) is 4.79 Å². The van der Waals surface area contributed by atoms with E-state index in [1.807, 2.05) is 43.0 Å². The van der Waals surface area contributed by atoms with Crippen molar-refractivity contribution >= 4 is 28.8 Å². The number of likely N-dealkylation sites (N-methyl/N-ethyl adjacent to an activating group) is 2. The first-order chi connectivity index (χ1) is 8.58. The molecule has 1 aromatic carbocycles. The molecule has 1 aromatic rings. The summed E-state index contributed by atoms with van der Waals surface area (Å²) in [6.07, 6.45) is 0. The Labute approximate surface area is 113 Å². The van der Waals surface area contributed by atoms with Crippen molar-refractivity contribution < 1.29 is 4.79 Å². The van der Waals surface area contributed by atoms with Crippen molar-refractivity contribution in [3.05, 3.63) is 29.8 Å². The summed E-state index contributed by atoms with van der Waals surface area (Å²) in [7, 11) is 0. The molecule has 1 amide bonds. The number of nitrogens with zero attached hydrogens (tertiary/aromatic N) is 1. The van der Waals surface area contributed by atoms with Crippen LogP contribution in [0, 0.1) is 0 Å². The van der Waals surface area contributed by atoms with Crippen LogP contribution in [0.4, 0.5) is 5.69 Å². The SMILES string of the molecule is CCNC(=O)CN(CC)c1ccc(C(N)=S)cc1. The summed E-state index contributed by atoms with van der Waals surface area (Å²) in [4.78, 5) is 13.9. The van der Waals surface area contributed by atoms with Crippen molar-refractivity contribution in [1.29, 1.82) is 0 Å². The molecule has 5 heteroatoms. The summed E-state index contributed by atoms with van der Waals surface area (Å²) in [5.74, 6) is 0.0257. The lowest BCUT2D eigenvalue weighted by molar-refractivity contribution is -0.119. The molecule has 0 aliphatic carbocycles. The molecule has 0 unspecified atom stereocenters. The zero-order valence-electron chi connectivity index (χ0n) is 10.8. The first kappa shape index (κ1) is 14.4. The molecule has 18 heavy (non-hydrogen) atoms. The zero-order chi connectivity index (χ0) is 13.5. The topological polar surface area (TPSA) is 58.4 Å². The summed E-state index contributed by atoms with van der Waals surface area (Å²) in [5, 5.41) is 2.79. The number of carbonyl (C=O) groups is 1. The largest absolute Gasteiger partial charge is 0.389 e.